The first-order chi connectivity index (χ1) is 32.1. The Morgan fingerprint density at radius 3 is 2.42 bits per heavy atom. The molecule has 6 amide bonds. The number of ether oxygens (including phenoxy) is 1. The summed E-state index contributed by atoms with van der Waals surface area (Å²) in [6.07, 6.45) is 8.63. The summed E-state index contributed by atoms with van der Waals surface area (Å²) in [5.41, 5.74) is 9.11. The van der Waals surface area contributed by atoms with Gasteiger partial charge in [0, 0.05) is 75.2 Å². The third-order valence-corrected chi connectivity index (χ3v) is 13.6. The summed E-state index contributed by atoms with van der Waals surface area (Å²) in [6.45, 7) is 4.35. The second-order valence-electron chi connectivity index (χ2n) is 16.8. The number of thioether (sulfide) groups is 1. The Kier molecular flexibility index (Phi) is 13.2. The Hall–Kier alpha value is -6.92. The maximum Gasteiger partial charge on any atom is 0.263 e. The van der Waals surface area contributed by atoms with Gasteiger partial charge < -0.3 is 20.3 Å². The maximum atomic E-state index is 13.5. The first-order valence-electron chi connectivity index (χ1n) is 22.4. The van der Waals surface area contributed by atoms with E-state index in [-0.39, 0.29) is 41.8 Å². The van der Waals surface area contributed by atoms with Crippen LogP contribution in [-0.4, -0.2) is 132 Å². The zero-order chi connectivity index (χ0) is 45.7. The van der Waals surface area contributed by atoms with Gasteiger partial charge in [-0.15, -0.1) is 11.8 Å². The lowest BCUT2D eigenvalue weighted by Gasteiger charge is -2.34. The molecule has 4 aliphatic heterocycles. The molecular weight excluding hydrogens is 861 g/mol. The number of benzene rings is 3. The van der Waals surface area contributed by atoms with E-state index in [2.05, 4.69) is 20.2 Å². The smallest absolute Gasteiger partial charge is 0.263 e. The molecule has 5 aromatic rings. The van der Waals surface area contributed by atoms with Crippen molar-refractivity contribution in [2.75, 3.05) is 57.3 Å². The summed E-state index contributed by atoms with van der Waals surface area (Å²) in [5.74, 6) is 0.366. The van der Waals surface area contributed by atoms with Crippen LogP contribution in [-0.2, 0) is 19.2 Å². The van der Waals surface area contributed by atoms with Gasteiger partial charge in [0.1, 0.15) is 35.4 Å². The number of nitrogens with zero attached hydrogens (tertiary/aromatic N) is 8. The van der Waals surface area contributed by atoms with E-state index in [1.54, 1.807) is 24.3 Å². The third kappa shape index (κ3) is 9.42. The van der Waals surface area contributed by atoms with Crippen LogP contribution < -0.4 is 15.8 Å². The average Bonchev–Trinajstić information content (AvgIpc) is 3.85. The molecule has 0 radical (unpaired) electrons. The van der Waals surface area contributed by atoms with Crippen LogP contribution in [0, 0.1) is 0 Å². The average molecular weight is 911 g/mol. The summed E-state index contributed by atoms with van der Waals surface area (Å²) in [5, 5.41) is 7.92. The Bertz CT molecular complexity index is 2700. The largest absolute Gasteiger partial charge is 0.457 e. The minimum atomic E-state index is -1.01. The lowest BCUT2D eigenvalue weighted by Crippen LogP contribution is -2.54. The highest BCUT2D eigenvalue weighted by molar-refractivity contribution is 7.99. The van der Waals surface area contributed by atoms with Crippen molar-refractivity contribution in [3.8, 4) is 22.8 Å². The number of hydrogen-bond acceptors (Lipinski definition) is 13. The molecule has 2 aromatic heterocycles. The van der Waals surface area contributed by atoms with Crippen LogP contribution in [0.3, 0.4) is 0 Å². The number of carbonyl (C=O) groups excluding carboxylic acids is 6. The highest BCUT2D eigenvalue weighted by Gasteiger charge is 2.45. The van der Waals surface area contributed by atoms with Crippen LogP contribution >= 0.6 is 11.8 Å². The molecule has 9 rings (SSSR count). The molecule has 0 spiro atoms. The van der Waals surface area contributed by atoms with Crippen molar-refractivity contribution in [3.05, 3.63) is 102 Å². The van der Waals surface area contributed by atoms with Gasteiger partial charge in [-0.25, -0.2) is 14.6 Å². The minimum Gasteiger partial charge on any atom is -0.457 e. The predicted octanol–water partition coefficient (Wildman–Crippen LogP) is 5.10. The van der Waals surface area contributed by atoms with Crippen molar-refractivity contribution >= 4 is 64.1 Å². The standard InChI is InChI=1S/C48H50N10O7S/c49-44-42-43(31-16-18-34(19-17-31)65-33-10-2-1-3-11-33)53-58(45(42)51-30-50-44)32-9-7-23-56(29-32)40(61)15-8-22-54-24-26-55(27-25-54)39(60)14-4-5-28-66-37-13-6-12-35-41(37)48(64)57(47(35)63)36-20-21-38(59)52-46(36)62/h1-3,6,8,10-13,15-19,30,32,36H,4-5,7,9,14,20-29H2,(H2,49,50,51)(H,52,59,62)/b15-8+. The van der Waals surface area contributed by atoms with Gasteiger partial charge in [-0.05, 0) is 86.4 Å². The number of nitrogen functional groups attached to an aromatic ring is 1. The number of likely N-dealkylation sites (tertiary alicyclic amines) is 1. The first kappa shape index (κ1) is 44.3. The molecule has 3 N–H and O–H groups in total. The number of para-hydroxylation sites is 1. The zero-order valence-electron chi connectivity index (χ0n) is 36.3. The van der Waals surface area contributed by atoms with E-state index in [0.717, 1.165) is 35.5 Å². The number of nitrogens with two attached hydrogens (primary N) is 1. The molecule has 2 unspecified atom stereocenters. The van der Waals surface area contributed by atoms with Crippen molar-refractivity contribution in [2.24, 2.45) is 0 Å². The minimum absolute atomic E-state index is 0.0579. The molecule has 0 aliphatic carbocycles. The van der Waals surface area contributed by atoms with Crippen molar-refractivity contribution in [3.63, 3.8) is 0 Å². The monoisotopic (exact) mass is 910 g/mol. The molecule has 4 aliphatic rings. The van der Waals surface area contributed by atoms with E-state index in [1.807, 2.05) is 75.2 Å². The fourth-order valence-electron chi connectivity index (χ4n) is 9.02. The van der Waals surface area contributed by atoms with Crippen molar-refractivity contribution in [1.82, 2.24) is 44.7 Å². The normalized spacial score (nSPS) is 19.2. The lowest BCUT2D eigenvalue weighted by atomic mass is 10.0. The fraction of sp³-hybridized carbons (Fsp3) is 0.354. The van der Waals surface area contributed by atoms with Gasteiger partial charge in [0.25, 0.3) is 11.8 Å². The van der Waals surface area contributed by atoms with Crippen molar-refractivity contribution in [2.45, 2.75) is 61.9 Å². The number of fused-ring (bicyclic) bond motifs is 2. The molecule has 2 atom stereocenters. The number of amides is 6. The summed E-state index contributed by atoms with van der Waals surface area (Å²) in [6, 6.07) is 21.2. The molecule has 66 heavy (non-hydrogen) atoms. The van der Waals surface area contributed by atoms with Gasteiger partial charge >= 0.3 is 0 Å². The van der Waals surface area contributed by atoms with Gasteiger partial charge in [0.05, 0.1) is 22.6 Å². The Labute approximate surface area is 385 Å². The van der Waals surface area contributed by atoms with E-state index in [9.17, 15) is 28.8 Å². The second-order valence-corrected chi connectivity index (χ2v) is 17.9. The fourth-order valence-corrected chi connectivity index (χ4v) is 10.1. The number of unbranched alkanes of at least 4 members (excludes halogenated alkanes) is 1. The number of anilines is 1. The number of piperazine rings is 1. The maximum absolute atomic E-state index is 13.5. The molecule has 3 aromatic carbocycles. The molecule has 3 fully saturated rings. The lowest BCUT2D eigenvalue weighted by molar-refractivity contribution is -0.136. The molecule has 0 saturated carbocycles. The van der Waals surface area contributed by atoms with E-state index in [4.69, 9.17) is 15.6 Å². The number of nitrogens with one attached hydrogen (secondary N) is 1. The molecule has 3 saturated heterocycles. The topological polar surface area (TPSA) is 206 Å². The molecular formula is C48H50N10O7S. The summed E-state index contributed by atoms with van der Waals surface area (Å²) in [4.78, 5) is 93.7. The van der Waals surface area contributed by atoms with E-state index in [0.29, 0.717) is 97.6 Å². The van der Waals surface area contributed by atoms with Gasteiger partial charge in [0.15, 0.2) is 5.65 Å². The first-order valence-corrected chi connectivity index (χ1v) is 23.4. The molecule has 17 nitrogen and oxygen atoms in total. The van der Waals surface area contributed by atoms with Crippen LogP contribution in [0.15, 0.2) is 96.2 Å². The van der Waals surface area contributed by atoms with Gasteiger partial charge in [-0.2, -0.15) is 5.10 Å². The zero-order valence-corrected chi connectivity index (χ0v) is 37.2. The summed E-state index contributed by atoms with van der Waals surface area (Å²) >= 11 is 1.45. The van der Waals surface area contributed by atoms with Crippen LogP contribution in [0.2, 0.25) is 0 Å². The Morgan fingerprint density at radius 1 is 0.848 bits per heavy atom. The van der Waals surface area contributed by atoms with E-state index < -0.39 is 29.7 Å². The predicted molar refractivity (Wildman–Crippen MR) is 246 cm³/mol. The van der Waals surface area contributed by atoms with Crippen molar-refractivity contribution < 1.29 is 33.5 Å². The van der Waals surface area contributed by atoms with Gasteiger partial charge in [-0.1, -0.05) is 30.3 Å². The molecule has 18 heteroatoms. The number of piperidine rings is 2. The quantitative estimate of drug-likeness (QED) is 0.0645. The number of aromatic nitrogens is 4. The van der Waals surface area contributed by atoms with Crippen molar-refractivity contribution in [1.29, 1.82) is 0 Å². The SMILES string of the molecule is Nc1ncnc2c1c(-c1ccc(Oc3ccccc3)cc1)nn2C1CCCN(C(=O)/C=C/CN2CCN(C(=O)CCCCSc3cccc4c3C(=O)N(C3CCC(=O)NC3=O)C4=O)CC2)C1. The molecule has 6 heterocycles. The van der Waals surface area contributed by atoms with Crippen LogP contribution in [0.25, 0.3) is 22.3 Å². The molecule has 0 bridgehead atoms. The summed E-state index contributed by atoms with van der Waals surface area (Å²) < 4.78 is 7.88. The Balaban J connectivity index is 0.716. The highest BCUT2D eigenvalue weighted by atomic mass is 32.2. The van der Waals surface area contributed by atoms with Crippen LogP contribution in [0.1, 0.15) is 71.7 Å². The van der Waals surface area contributed by atoms with Crippen LogP contribution in [0.5, 0.6) is 11.5 Å². The number of carbonyl (C=O) groups is 6. The van der Waals surface area contributed by atoms with E-state index >= 15 is 0 Å². The van der Waals surface area contributed by atoms with E-state index in [1.165, 1.54) is 18.1 Å². The number of rotatable bonds is 14. The number of imide groups is 2. The second kappa shape index (κ2) is 19.7. The summed E-state index contributed by atoms with van der Waals surface area (Å²) in [7, 11) is 0. The van der Waals surface area contributed by atoms with Gasteiger partial charge in [0.2, 0.25) is 23.6 Å². The Morgan fingerprint density at radius 2 is 1.64 bits per heavy atom. The molecule has 340 valence electrons. The van der Waals surface area contributed by atoms with Crippen LogP contribution in [0.4, 0.5) is 5.82 Å². The number of hydrogen-bond donors (Lipinski definition) is 2. The highest BCUT2D eigenvalue weighted by Crippen LogP contribution is 2.37. The third-order valence-electron chi connectivity index (χ3n) is 12.5. The van der Waals surface area contributed by atoms with Gasteiger partial charge in [-0.3, -0.25) is 43.9 Å².